The van der Waals surface area contributed by atoms with Gasteiger partial charge in [0.15, 0.2) is 0 Å². The van der Waals surface area contributed by atoms with Crippen molar-refractivity contribution in [1.29, 1.82) is 0 Å². The van der Waals surface area contributed by atoms with Gasteiger partial charge in [-0.3, -0.25) is 9.89 Å². The number of benzene rings is 1. The summed E-state index contributed by atoms with van der Waals surface area (Å²) in [5, 5.41) is 18.1. The van der Waals surface area contributed by atoms with Crippen molar-refractivity contribution in [1.82, 2.24) is 10.2 Å². The summed E-state index contributed by atoms with van der Waals surface area (Å²) in [6.07, 6.45) is 0.403. The first-order valence-electron chi connectivity index (χ1n) is 7.23. The molecule has 1 aromatic carbocycles. The van der Waals surface area contributed by atoms with Crippen LogP contribution in [-0.4, -0.2) is 26.7 Å². The Morgan fingerprint density at radius 3 is 2.67 bits per heavy atom. The minimum atomic E-state index is -1.08. The monoisotopic (exact) mass is 284 g/mol. The van der Waals surface area contributed by atoms with Crippen molar-refractivity contribution in [2.75, 3.05) is 0 Å². The average Bonchev–Trinajstić information content (AvgIpc) is 2.77. The average molecular weight is 284 g/mol. The van der Waals surface area contributed by atoms with Crippen LogP contribution in [0.15, 0.2) is 30.3 Å². The number of carbonyl (C=O) groups excluding carboxylic acids is 1. The Kier molecular flexibility index (Phi) is 3.21. The molecule has 0 radical (unpaired) electrons. The molecular formula is C17H20N2O2. The van der Waals surface area contributed by atoms with Crippen LogP contribution < -0.4 is 0 Å². The lowest BCUT2D eigenvalue weighted by Gasteiger charge is -2.41. The number of carbonyl (C=O) groups is 1. The lowest BCUT2D eigenvalue weighted by molar-refractivity contribution is -0.130. The van der Waals surface area contributed by atoms with E-state index in [1.165, 1.54) is 0 Å². The second-order valence-corrected chi connectivity index (χ2v) is 6.22. The normalized spacial score (nSPS) is 28.2. The third-order valence-corrected chi connectivity index (χ3v) is 4.51. The number of aryl methyl sites for hydroxylation is 1. The molecule has 0 unspecified atom stereocenters. The maximum absolute atomic E-state index is 12.3. The minimum Gasteiger partial charge on any atom is -0.389 e. The van der Waals surface area contributed by atoms with Gasteiger partial charge in [0.05, 0.1) is 17.2 Å². The summed E-state index contributed by atoms with van der Waals surface area (Å²) in [4.78, 5) is 12.3. The molecule has 1 aliphatic rings. The van der Waals surface area contributed by atoms with Crippen molar-refractivity contribution < 1.29 is 9.90 Å². The Bertz CT molecular complexity index is 673. The van der Waals surface area contributed by atoms with Gasteiger partial charge in [0.2, 0.25) is 0 Å². The molecule has 2 aromatic rings. The second kappa shape index (κ2) is 4.81. The maximum Gasteiger partial charge on any atom is 0.136 e. The first kappa shape index (κ1) is 14.0. The standard InChI is InChI=1S/C17H20N2O2/c1-10-14-13(19-18-10)9-17(3,21)16(11(2)20)15(14)12-7-5-4-6-8-12/h4-8,15-16,21H,9H2,1-3H3,(H,18,19)/t15-,16-,17-/m1/s1. The first-order valence-corrected chi connectivity index (χ1v) is 7.23. The van der Waals surface area contributed by atoms with Crippen LogP contribution in [0.5, 0.6) is 0 Å². The molecule has 4 heteroatoms. The zero-order valence-electron chi connectivity index (χ0n) is 12.6. The molecule has 3 rings (SSSR count). The third kappa shape index (κ3) is 2.20. The van der Waals surface area contributed by atoms with Crippen molar-refractivity contribution in [3.8, 4) is 0 Å². The highest BCUT2D eigenvalue weighted by Crippen LogP contribution is 2.46. The number of nitrogens with one attached hydrogen (secondary N) is 1. The highest BCUT2D eigenvalue weighted by Gasteiger charge is 2.48. The Morgan fingerprint density at radius 1 is 1.38 bits per heavy atom. The lowest BCUT2D eigenvalue weighted by atomic mass is 9.64. The zero-order chi connectivity index (χ0) is 15.2. The molecule has 0 spiro atoms. The van der Waals surface area contributed by atoms with Crippen LogP contribution in [0.2, 0.25) is 0 Å². The van der Waals surface area contributed by atoms with Gasteiger partial charge in [-0.15, -0.1) is 0 Å². The number of aromatic nitrogens is 2. The van der Waals surface area contributed by atoms with E-state index in [-0.39, 0.29) is 11.7 Å². The highest BCUT2D eigenvalue weighted by atomic mass is 16.3. The van der Waals surface area contributed by atoms with Crippen LogP contribution in [0.4, 0.5) is 0 Å². The topological polar surface area (TPSA) is 66.0 Å². The van der Waals surface area contributed by atoms with Gasteiger partial charge in [-0.05, 0) is 26.3 Å². The molecule has 3 atom stereocenters. The van der Waals surface area contributed by atoms with E-state index < -0.39 is 11.5 Å². The van der Waals surface area contributed by atoms with Gasteiger partial charge in [-0.25, -0.2) is 0 Å². The molecule has 0 saturated carbocycles. The SMILES string of the molecule is CC(=O)[C@@H]1[C@H](c2ccccc2)c2c(n[nH]c2C)C[C@@]1(C)O. The number of Topliss-reactive ketones (excluding diaryl/α,β-unsaturated/α-hetero) is 1. The predicted molar refractivity (Wildman–Crippen MR) is 80.1 cm³/mol. The van der Waals surface area contributed by atoms with E-state index in [9.17, 15) is 9.90 Å². The molecule has 1 aliphatic carbocycles. The van der Waals surface area contributed by atoms with Crippen LogP contribution in [0.1, 0.15) is 42.3 Å². The van der Waals surface area contributed by atoms with Gasteiger partial charge in [0.1, 0.15) is 5.78 Å². The molecule has 110 valence electrons. The predicted octanol–water partition coefficient (Wildman–Crippen LogP) is 2.36. The fraction of sp³-hybridized carbons (Fsp3) is 0.412. The zero-order valence-corrected chi connectivity index (χ0v) is 12.6. The lowest BCUT2D eigenvalue weighted by Crippen LogP contribution is -2.48. The van der Waals surface area contributed by atoms with Crippen LogP contribution in [-0.2, 0) is 11.2 Å². The third-order valence-electron chi connectivity index (χ3n) is 4.51. The largest absolute Gasteiger partial charge is 0.389 e. The summed E-state index contributed by atoms with van der Waals surface area (Å²) in [6.45, 7) is 5.27. The van der Waals surface area contributed by atoms with Gasteiger partial charge in [-0.1, -0.05) is 30.3 Å². The molecule has 0 aliphatic heterocycles. The molecule has 21 heavy (non-hydrogen) atoms. The summed E-state index contributed by atoms with van der Waals surface area (Å²) in [5.74, 6) is -0.593. The van der Waals surface area contributed by atoms with Gasteiger partial charge in [0.25, 0.3) is 0 Å². The van der Waals surface area contributed by atoms with E-state index >= 15 is 0 Å². The van der Waals surface area contributed by atoms with Crippen molar-refractivity contribution >= 4 is 5.78 Å². The number of rotatable bonds is 2. The van der Waals surface area contributed by atoms with E-state index in [0.717, 1.165) is 22.5 Å². The first-order chi connectivity index (χ1) is 9.92. The molecule has 1 aromatic heterocycles. The maximum atomic E-state index is 12.3. The Balaban J connectivity index is 2.24. The molecule has 0 fully saturated rings. The second-order valence-electron chi connectivity index (χ2n) is 6.22. The number of H-pyrrole nitrogens is 1. The van der Waals surface area contributed by atoms with Crippen LogP contribution in [0, 0.1) is 12.8 Å². The minimum absolute atomic E-state index is 0.0140. The van der Waals surface area contributed by atoms with Crippen molar-refractivity contribution in [2.24, 2.45) is 5.92 Å². The quantitative estimate of drug-likeness (QED) is 0.889. The van der Waals surface area contributed by atoms with E-state index in [1.54, 1.807) is 13.8 Å². The van der Waals surface area contributed by atoms with E-state index in [0.29, 0.717) is 6.42 Å². The molecule has 4 nitrogen and oxygen atoms in total. The van der Waals surface area contributed by atoms with E-state index in [4.69, 9.17) is 0 Å². The Hall–Kier alpha value is -1.94. The van der Waals surface area contributed by atoms with Crippen LogP contribution in [0.25, 0.3) is 0 Å². The highest BCUT2D eigenvalue weighted by molar-refractivity contribution is 5.82. The molecular weight excluding hydrogens is 264 g/mol. The fourth-order valence-corrected chi connectivity index (χ4v) is 3.70. The summed E-state index contributed by atoms with van der Waals surface area (Å²) in [7, 11) is 0. The Labute approximate surface area is 124 Å². The number of aromatic amines is 1. The smallest absolute Gasteiger partial charge is 0.136 e. The summed E-state index contributed by atoms with van der Waals surface area (Å²) in [6, 6.07) is 9.91. The van der Waals surface area contributed by atoms with Gasteiger partial charge in [-0.2, -0.15) is 5.10 Å². The van der Waals surface area contributed by atoms with Crippen molar-refractivity contribution in [3.63, 3.8) is 0 Å². The Morgan fingerprint density at radius 2 is 2.05 bits per heavy atom. The van der Waals surface area contributed by atoms with Gasteiger partial charge >= 0.3 is 0 Å². The molecule has 0 amide bonds. The number of nitrogens with zero attached hydrogens (tertiary/aromatic N) is 1. The molecule has 1 heterocycles. The van der Waals surface area contributed by atoms with Crippen molar-refractivity contribution in [3.05, 3.63) is 52.8 Å². The molecule has 0 saturated heterocycles. The number of hydrogen-bond acceptors (Lipinski definition) is 3. The van der Waals surface area contributed by atoms with Crippen molar-refractivity contribution in [2.45, 2.75) is 38.7 Å². The van der Waals surface area contributed by atoms with E-state index in [1.807, 2.05) is 37.3 Å². The summed E-state index contributed by atoms with van der Waals surface area (Å²) >= 11 is 0. The number of hydrogen-bond donors (Lipinski definition) is 2. The number of ketones is 1. The van der Waals surface area contributed by atoms with Gasteiger partial charge < -0.3 is 5.11 Å². The summed E-state index contributed by atoms with van der Waals surface area (Å²) in [5.41, 5.74) is 2.86. The fourth-order valence-electron chi connectivity index (χ4n) is 3.70. The molecule has 2 N–H and O–H groups in total. The van der Waals surface area contributed by atoms with Crippen LogP contribution >= 0.6 is 0 Å². The van der Waals surface area contributed by atoms with E-state index in [2.05, 4.69) is 10.2 Å². The van der Waals surface area contributed by atoms with Crippen LogP contribution in [0.3, 0.4) is 0 Å². The number of aliphatic hydroxyl groups is 1. The van der Waals surface area contributed by atoms with Gasteiger partial charge in [0, 0.05) is 23.6 Å². The molecule has 0 bridgehead atoms. The number of fused-ring (bicyclic) bond motifs is 1. The summed E-state index contributed by atoms with van der Waals surface area (Å²) < 4.78 is 0.